The van der Waals surface area contributed by atoms with Crippen molar-refractivity contribution in [2.45, 2.75) is 110 Å². The van der Waals surface area contributed by atoms with Crippen molar-refractivity contribution in [2.75, 3.05) is 0 Å². The molecule has 0 aromatic rings. The van der Waals surface area contributed by atoms with E-state index in [0.29, 0.717) is 0 Å². The third-order valence-corrected chi connectivity index (χ3v) is 4.03. The molecule has 20 heavy (non-hydrogen) atoms. The molecule has 0 saturated carbocycles. The van der Waals surface area contributed by atoms with E-state index in [9.17, 15) is 5.11 Å². The van der Waals surface area contributed by atoms with Gasteiger partial charge in [0.25, 0.3) is 0 Å². The fourth-order valence-corrected chi connectivity index (χ4v) is 2.63. The molecule has 0 rings (SSSR count). The first-order chi connectivity index (χ1) is 9.81. The molecule has 0 aromatic carbocycles. The zero-order valence-corrected chi connectivity index (χ0v) is 14.1. The van der Waals surface area contributed by atoms with Gasteiger partial charge in [-0.3, -0.25) is 0 Å². The molecule has 0 saturated heterocycles. The Balaban J connectivity index is 3.06. The third kappa shape index (κ3) is 15.8. The number of unbranched alkanes of at least 4 members (excludes halogenated alkanes) is 11. The van der Waals surface area contributed by atoms with E-state index in [1.54, 1.807) is 0 Å². The largest absolute Gasteiger partial charge is 0.393 e. The van der Waals surface area contributed by atoms with E-state index in [4.69, 9.17) is 0 Å². The Morgan fingerprint density at radius 1 is 0.750 bits per heavy atom. The molecule has 1 heteroatoms. The Labute approximate surface area is 127 Å². The fourth-order valence-electron chi connectivity index (χ4n) is 2.63. The Morgan fingerprint density at radius 3 is 1.65 bits per heavy atom. The maximum absolute atomic E-state index is 9.69. The lowest BCUT2D eigenvalue weighted by molar-refractivity contribution is 0.163. The average molecular weight is 283 g/mol. The van der Waals surface area contributed by atoms with Crippen LogP contribution in [0.5, 0.6) is 0 Å². The molecular weight excluding hydrogens is 244 g/mol. The topological polar surface area (TPSA) is 20.2 Å². The maximum atomic E-state index is 9.69. The molecule has 0 aromatic heterocycles. The summed E-state index contributed by atoms with van der Waals surface area (Å²) in [5.41, 5.74) is 0. The van der Waals surface area contributed by atoms with Crippen molar-refractivity contribution in [1.82, 2.24) is 0 Å². The van der Waals surface area contributed by atoms with Gasteiger partial charge in [0.15, 0.2) is 0 Å². The van der Waals surface area contributed by atoms with Gasteiger partial charge in [0.2, 0.25) is 0 Å². The van der Waals surface area contributed by atoms with E-state index in [0.717, 1.165) is 12.8 Å². The van der Waals surface area contributed by atoms with Crippen LogP contribution in [-0.4, -0.2) is 11.2 Å². The molecule has 0 aliphatic carbocycles. The van der Waals surface area contributed by atoms with Crippen LogP contribution < -0.4 is 0 Å². The summed E-state index contributed by atoms with van der Waals surface area (Å²) in [7, 11) is 0. The van der Waals surface area contributed by atoms with Gasteiger partial charge >= 0.3 is 0 Å². The van der Waals surface area contributed by atoms with Gasteiger partial charge in [-0.1, -0.05) is 96.1 Å². The van der Waals surface area contributed by atoms with Gasteiger partial charge in [0.05, 0.1) is 6.10 Å². The molecule has 0 radical (unpaired) electrons. The zero-order chi connectivity index (χ0) is 14.9. The smallest absolute Gasteiger partial charge is 0.0574 e. The van der Waals surface area contributed by atoms with Gasteiger partial charge in [-0.05, 0) is 19.8 Å². The molecule has 0 spiro atoms. The van der Waals surface area contributed by atoms with Gasteiger partial charge < -0.3 is 5.11 Å². The molecule has 0 aliphatic rings. The second-order valence-electron chi connectivity index (χ2n) is 6.14. The van der Waals surface area contributed by atoms with Crippen LogP contribution in [0.25, 0.3) is 0 Å². The highest BCUT2D eigenvalue weighted by Gasteiger charge is 2.00. The highest BCUT2D eigenvalue weighted by molar-refractivity contribution is 4.79. The van der Waals surface area contributed by atoms with Crippen molar-refractivity contribution in [1.29, 1.82) is 0 Å². The minimum atomic E-state index is -0.116. The first-order valence-corrected chi connectivity index (χ1v) is 9.10. The molecule has 120 valence electrons. The fraction of sp³-hybridized carbons (Fsp3) is 0.895. The quantitative estimate of drug-likeness (QED) is 0.272. The highest BCUT2D eigenvalue weighted by Crippen LogP contribution is 2.13. The van der Waals surface area contributed by atoms with Crippen LogP contribution in [0.2, 0.25) is 0 Å². The van der Waals surface area contributed by atoms with Crippen LogP contribution in [0.3, 0.4) is 0 Å². The van der Waals surface area contributed by atoms with E-state index in [1.807, 2.05) is 13.0 Å². The molecule has 0 bridgehead atoms. The van der Waals surface area contributed by atoms with E-state index in [-0.39, 0.29) is 6.10 Å². The van der Waals surface area contributed by atoms with Gasteiger partial charge in [0, 0.05) is 0 Å². The van der Waals surface area contributed by atoms with Crippen molar-refractivity contribution in [2.24, 2.45) is 0 Å². The van der Waals surface area contributed by atoms with Crippen LogP contribution in [0, 0.1) is 0 Å². The monoisotopic (exact) mass is 282 g/mol. The van der Waals surface area contributed by atoms with Gasteiger partial charge in [-0.2, -0.15) is 0 Å². The number of rotatable bonds is 15. The summed E-state index contributed by atoms with van der Waals surface area (Å²) in [6, 6.07) is 0. The second kappa shape index (κ2) is 16.8. The molecule has 0 fully saturated rings. The van der Waals surface area contributed by atoms with Crippen LogP contribution in [0.4, 0.5) is 0 Å². The third-order valence-electron chi connectivity index (χ3n) is 4.03. The SMILES string of the molecule is CC=CCC(O)CCCCCCCCCCCCCC. The molecule has 1 unspecified atom stereocenters. The van der Waals surface area contributed by atoms with Crippen LogP contribution >= 0.6 is 0 Å². The predicted octanol–water partition coefficient (Wildman–Crippen LogP) is 6.40. The number of aliphatic hydroxyl groups excluding tert-OH is 1. The zero-order valence-electron chi connectivity index (χ0n) is 14.1. The highest BCUT2D eigenvalue weighted by atomic mass is 16.3. The van der Waals surface area contributed by atoms with Crippen LogP contribution in [0.1, 0.15) is 104 Å². The first-order valence-electron chi connectivity index (χ1n) is 9.10. The summed E-state index contributed by atoms with van der Waals surface area (Å²) < 4.78 is 0. The lowest BCUT2D eigenvalue weighted by Gasteiger charge is -2.07. The van der Waals surface area contributed by atoms with Crippen LogP contribution in [-0.2, 0) is 0 Å². The standard InChI is InChI=1S/C19H38O/c1-3-5-7-8-9-10-11-12-13-14-15-16-18-19(20)17-6-4-2/h4,6,19-20H,3,5,7-18H2,1-2H3. The van der Waals surface area contributed by atoms with Gasteiger partial charge in [-0.15, -0.1) is 0 Å². The molecule has 0 amide bonds. The predicted molar refractivity (Wildman–Crippen MR) is 91.1 cm³/mol. The molecule has 0 heterocycles. The molecule has 1 atom stereocenters. The summed E-state index contributed by atoms with van der Waals surface area (Å²) >= 11 is 0. The van der Waals surface area contributed by atoms with Crippen molar-refractivity contribution in [3.63, 3.8) is 0 Å². The summed E-state index contributed by atoms with van der Waals surface area (Å²) in [6.45, 7) is 4.29. The maximum Gasteiger partial charge on any atom is 0.0574 e. The van der Waals surface area contributed by atoms with Crippen molar-refractivity contribution < 1.29 is 5.11 Å². The summed E-state index contributed by atoms with van der Waals surface area (Å²) in [4.78, 5) is 0. The molecule has 1 nitrogen and oxygen atoms in total. The lowest BCUT2D eigenvalue weighted by atomic mass is 10.0. The molecular formula is C19H38O. The lowest BCUT2D eigenvalue weighted by Crippen LogP contribution is -2.04. The minimum absolute atomic E-state index is 0.116. The minimum Gasteiger partial charge on any atom is -0.393 e. The Kier molecular flexibility index (Phi) is 16.5. The number of hydrogen-bond donors (Lipinski definition) is 1. The van der Waals surface area contributed by atoms with Crippen molar-refractivity contribution >= 4 is 0 Å². The van der Waals surface area contributed by atoms with Gasteiger partial charge in [0.1, 0.15) is 0 Å². The van der Waals surface area contributed by atoms with E-state index in [1.165, 1.54) is 77.0 Å². The summed E-state index contributed by atoms with van der Waals surface area (Å²) in [5.74, 6) is 0. The number of allylic oxidation sites excluding steroid dienone is 1. The normalized spacial score (nSPS) is 13.2. The Bertz CT molecular complexity index is 198. The Morgan fingerprint density at radius 2 is 1.20 bits per heavy atom. The summed E-state index contributed by atoms with van der Waals surface area (Å²) in [5, 5.41) is 9.69. The molecule has 0 aliphatic heterocycles. The van der Waals surface area contributed by atoms with E-state index >= 15 is 0 Å². The van der Waals surface area contributed by atoms with Crippen molar-refractivity contribution in [3.8, 4) is 0 Å². The Hall–Kier alpha value is -0.300. The second-order valence-corrected chi connectivity index (χ2v) is 6.14. The average Bonchev–Trinajstić information content (AvgIpc) is 2.46. The van der Waals surface area contributed by atoms with E-state index < -0.39 is 0 Å². The van der Waals surface area contributed by atoms with Crippen molar-refractivity contribution in [3.05, 3.63) is 12.2 Å². The summed E-state index contributed by atoms with van der Waals surface area (Å²) in [6.07, 6.45) is 22.4. The van der Waals surface area contributed by atoms with Gasteiger partial charge in [-0.25, -0.2) is 0 Å². The first kappa shape index (κ1) is 19.7. The van der Waals surface area contributed by atoms with Crippen LogP contribution in [0.15, 0.2) is 12.2 Å². The number of hydrogen-bond acceptors (Lipinski definition) is 1. The van der Waals surface area contributed by atoms with E-state index in [2.05, 4.69) is 13.0 Å². The number of aliphatic hydroxyl groups is 1. The molecule has 1 N–H and O–H groups in total.